The minimum atomic E-state index is -1.63. The molecular weight excluding hydrogens is 347 g/mol. The number of aliphatic hydroxyl groups excluding tert-OH is 1. The minimum Gasteiger partial charge on any atom is -0.507 e. The molecule has 130 valence electrons. The predicted octanol–water partition coefficient (Wildman–Crippen LogP) is 2.60. The molecule has 2 aromatic rings. The summed E-state index contributed by atoms with van der Waals surface area (Å²) in [6.45, 7) is 13.9. The predicted molar refractivity (Wildman–Crippen MR) is 114 cm³/mol. The third-order valence-corrected chi connectivity index (χ3v) is 9.67. The molecule has 24 heavy (non-hydrogen) atoms. The van der Waals surface area contributed by atoms with Gasteiger partial charge in [0.15, 0.2) is 0 Å². The van der Waals surface area contributed by atoms with Crippen LogP contribution in [0, 0.1) is 0 Å². The lowest BCUT2D eigenvalue weighted by molar-refractivity contribution is 0.283. The van der Waals surface area contributed by atoms with Gasteiger partial charge in [0.1, 0.15) is 5.75 Å². The number of aliphatic hydroxyl groups is 1. The van der Waals surface area contributed by atoms with Crippen LogP contribution in [0.25, 0.3) is 0 Å². The molecule has 2 N–H and O–H groups in total. The fraction of sp³-hybridized carbons (Fsp3) is 0.368. The standard InChI is InChI=1S/C19H29O2PSi2/c1-23(2,3)15-11-17(19(21)18(12-15)24(4,5)6)22-16-10-8-7-9-14(16)13-20/h7-12,20-22H,13H2,1-6H3. The molecule has 5 heteroatoms. The summed E-state index contributed by atoms with van der Waals surface area (Å²) in [6.07, 6.45) is 0. The minimum absolute atomic E-state index is 0.0402. The van der Waals surface area contributed by atoms with Crippen LogP contribution in [0.2, 0.25) is 39.3 Å². The number of phenolic OH excluding ortho intramolecular Hbond substituents is 1. The summed E-state index contributed by atoms with van der Waals surface area (Å²) in [4.78, 5) is 0. The fourth-order valence-electron chi connectivity index (χ4n) is 2.66. The van der Waals surface area contributed by atoms with Crippen molar-refractivity contribution in [3.8, 4) is 5.75 Å². The fourth-order valence-corrected chi connectivity index (χ4v) is 6.94. The topological polar surface area (TPSA) is 40.5 Å². The van der Waals surface area contributed by atoms with Crippen molar-refractivity contribution < 1.29 is 10.2 Å². The van der Waals surface area contributed by atoms with Gasteiger partial charge < -0.3 is 10.2 Å². The summed E-state index contributed by atoms with van der Waals surface area (Å²) in [6, 6.07) is 12.4. The van der Waals surface area contributed by atoms with Crippen molar-refractivity contribution in [1.82, 2.24) is 0 Å². The third kappa shape index (κ3) is 4.37. The van der Waals surface area contributed by atoms with Gasteiger partial charge in [-0.25, -0.2) is 0 Å². The Hall–Kier alpha value is -0.936. The van der Waals surface area contributed by atoms with Gasteiger partial charge in [-0.15, -0.1) is 0 Å². The van der Waals surface area contributed by atoms with E-state index in [2.05, 4.69) is 57.5 Å². The lowest BCUT2D eigenvalue weighted by Crippen LogP contribution is -2.47. The molecule has 1 unspecified atom stereocenters. The molecule has 0 heterocycles. The Kier molecular flexibility index (Phi) is 5.76. The number of hydrogen-bond donors (Lipinski definition) is 2. The van der Waals surface area contributed by atoms with Gasteiger partial charge in [-0.3, -0.25) is 0 Å². The molecule has 0 saturated heterocycles. The van der Waals surface area contributed by atoms with Gasteiger partial charge in [-0.1, -0.05) is 89.4 Å². The van der Waals surface area contributed by atoms with Gasteiger partial charge >= 0.3 is 0 Å². The second kappa shape index (κ2) is 7.13. The van der Waals surface area contributed by atoms with E-state index in [1.165, 1.54) is 5.19 Å². The third-order valence-electron chi connectivity index (χ3n) is 4.24. The van der Waals surface area contributed by atoms with E-state index in [4.69, 9.17) is 0 Å². The van der Waals surface area contributed by atoms with E-state index < -0.39 is 16.1 Å². The molecule has 1 atom stereocenters. The summed E-state index contributed by atoms with van der Waals surface area (Å²) in [5.74, 6) is 0.474. The molecule has 0 bridgehead atoms. The monoisotopic (exact) mass is 376 g/mol. The van der Waals surface area contributed by atoms with Gasteiger partial charge in [0.2, 0.25) is 0 Å². The summed E-state index contributed by atoms with van der Waals surface area (Å²) >= 11 is 0. The smallest absolute Gasteiger partial charge is 0.122 e. The van der Waals surface area contributed by atoms with Gasteiger partial charge in [-0.2, -0.15) is 0 Å². The first-order valence-electron chi connectivity index (χ1n) is 8.38. The van der Waals surface area contributed by atoms with E-state index in [0.717, 1.165) is 21.4 Å². The van der Waals surface area contributed by atoms with Gasteiger partial charge in [0.25, 0.3) is 0 Å². The molecule has 0 aliphatic carbocycles. The van der Waals surface area contributed by atoms with Crippen molar-refractivity contribution in [2.24, 2.45) is 0 Å². The Labute approximate surface area is 149 Å². The average molecular weight is 377 g/mol. The second-order valence-electron chi connectivity index (χ2n) is 8.36. The quantitative estimate of drug-likeness (QED) is 0.622. The lowest BCUT2D eigenvalue weighted by Gasteiger charge is -2.26. The Morgan fingerprint density at radius 3 is 2.04 bits per heavy atom. The van der Waals surface area contributed by atoms with Crippen molar-refractivity contribution in [3.63, 3.8) is 0 Å². The molecule has 0 amide bonds. The SMILES string of the molecule is C[Si](C)(C)c1cc(Pc2ccccc2CO)c(O)c([Si](C)(C)C)c1. The van der Waals surface area contributed by atoms with Gasteiger partial charge in [0.05, 0.1) is 22.8 Å². The highest BCUT2D eigenvalue weighted by Gasteiger charge is 2.27. The van der Waals surface area contributed by atoms with Crippen LogP contribution in [0.1, 0.15) is 5.56 Å². The number of rotatable bonds is 5. The van der Waals surface area contributed by atoms with E-state index in [1.807, 2.05) is 18.2 Å². The Balaban J connectivity index is 2.60. The highest BCUT2D eigenvalue weighted by atomic mass is 31.1. The van der Waals surface area contributed by atoms with E-state index in [0.29, 0.717) is 14.3 Å². The van der Waals surface area contributed by atoms with Crippen LogP contribution in [0.3, 0.4) is 0 Å². The van der Waals surface area contributed by atoms with Crippen LogP contribution in [0.5, 0.6) is 5.75 Å². The molecule has 0 radical (unpaired) electrons. The Morgan fingerprint density at radius 2 is 1.50 bits per heavy atom. The number of benzene rings is 2. The molecule has 2 nitrogen and oxygen atoms in total. The molecule has 0 saturated carbocycles. The van der Waals surface area contributed by atoms with Crippen molar-refractivity contribution in [2.45, 2.75) is 45.9 Å². The second-order valence-corrected chi connectivity index (χ2v) is 19.8. The zero-order chi connectivity index (χ0) is 18.1. The number of aromatic hydroxyl groups is 1. The van der Waals surface area contributed by atoms with Crippen molar-refractivity contribution in [2.75, 3.05) is 0 Å². The van der Waals surface area contributed by atoms with Crippen LogP contribution < -0.4 is 21.0 Å². The molecule has 2 aromatic carbocycles. The first-order chi connectivity index (χ1) is 11.0. The summed E-state index contributed by atoms with van der Waals surface area (Å²) in [5, 5.41) is 25.2. The highest BCUT2D eigenvalue weighted by molar-refractivity contribution is 7.56. The molecule has 0 spiro atoms. The molecule has 0 fully saturated rings. The van der Waals surface area contributed by atoms with E-state index in [-0.39, 0.29) is 6.61 Å². The van der Waals surface area contributed by atoms with Crippen LogP contribution in [-0.2, 0) is 6.61 Å². The van der Waals surface area contributed by atoms with Gasteiger partial charge in [0, 0.05) is 5.30 Å². The molecular formula is C19H29O2PSi2. The lowest BCUT2D eigenvalue weighted by atomic mass is 10.2. The largest absolute Gasteiger partial charge is 0.507 e. The van der Waals surface area contributed by atoms with Crippen molar-refractivity contribution in [3.05, 3.63) is 42.0 Å². The van der Waals surface area contributed by atoms with E-state index >= 15 is 0 Å². The molecule has 0 aromatic heterocycles. The Morgan fingerprint density at radius 1 is 0.875 bits per heavy atom. The zero-order valence-corrected chi connectivity index (χ0v) is 18.6. The van der Waals surface area contributed by atoms with Crippen LogP contribution >= 0.6 is 8.58 Å². The maximum atomic E-state index is 10.9. The average Bonchev–Trinajstić information content (AvgIpc) is 2.47. The zero-order valence-electron chi connectivity index (χ0n) is 15.6. The maximum Gasteiger partial charge on any atom is 0.122 e. The molecule has 0 aliphatic rings. The summed E-state index contributed by atoms with van der Waals surface area (Å²) in [7, 11) is -2.74. The van der Waals surface area contributed by atoms with Crippen molar-refractivity contribution in [1.29, 1.82) is 0 Å². The first kappa shape index (κ1) is 19.4. The summed E-state index contributed by atoms with van der Waals surface area (Å²) in [5.41, 5.74) is 0.947. The first-order valence-corrected chi connectivity index (χ1v) is 16.4. The summed E-state index contributed by atoms with van der Waals surface area (Å²) < 4.78 is 0. The maximum absolute atomic E-state index is 10.9. The van der Waals surface area contributed by atoms with Crippen LogP contribution in [-0.4, -0.2) is 26.4 Å². The van der Waals surface area contributed by atoms with Crippen molar-refractivity contribution >= 4 is 45.7 Å². The highest BCUT2D eigenvalue weighted by Crippen LogP contribution is 2.21. The normalized spacial score (nSPS) is 13.0. The van der Waals surface area contributed by atoms with Crippen LogP contribution in [0.15, 0.2) is 36.4 Å². The van der Waals surface area contributed by atoms with E-state index in [9.17, 15) is 10.2 Å². The Bertz CT molecular complexity index is 731. The van der Waals surface area contributed by atoms with E-state index in [1.54, 1.807) is 0 Å². The van der Waals surface area contributed by atoms with Crippen LogP contribution in [0.4, 0.5) is 0 Å². The number of phenols is 1. The molecule has 2 rings (SSSR count). The number of hydrogen-bond acceptors (Lipinski definition) is 2. The van der Waals surface area contributed by atoms with Gasteiger partial charge in [-0.05, 0) is 16.1 Å². The molecule has 0 aliphatic heterocycles.